The van der Waals surface area contributed by atoms with Crippen LogP contribution in [0.4, 0.5) is 9.59 Å². The van der Waals surface area contributed by atoms with Gasteiger partial charge in [-0.3, -0.25) is 4.79 Å². The Labute approximate surface area is 227 Å². The summed E-state index contributed by atoms with van der Waals surface area (Å²) < 4.78 is 30.1. The molecule has 0 aliphatic carbocycles. The maximum absolute atomic E-state index is 12.0. The molecule has 11 nitrogen and oxygen atoms in total. The van der Waals surface area contributed by atoms with Crippen LogP contribution in [-0.4, -0.2) is 54.4 Å². The van der Waals surface area contributed by atoms with Gasteiger partial charge in [-0.25, -0.2) is 19.2 Å². The number of carbonyl (C=O) groups is 5. The first-order chi connectivity index (χ1) is 18.4. The van der Waals surface area contributed by atoms with Gasteiger partial charge in [0.15, 0.2) is 22.7 Å². The third-order valence-corrected chi connectivity index (χ3v) is 5.56. The minimum atomic E-state index is -0.835. The van der Waals surface area contributed by atoms with E-state index in [2.05, 4.69) is 0 Å². The number of Topliss-reactive ketones (excluding diaryl/α,β-unsaturated/α-hetero) is 1. The molecule has 0 saturated carbocycles. The first-order valence-electron chi connectivity index (χ1n) is 12.8. The number of carbonyl (C=O) groups excluding carboxylic acids is 5. The maximum Gasteiger partial charge on any atom is 0.514 e. The minimum Gasteiger partial charge on any atom is -0.462 e. The summed E-state index contributed by atoms with van der Waals surface area (Å²) >= 11 is 0. The summed E-state index contributed by atoms with van der Waals surface area (Å²) in [4.78, 5) is 57.8. The Bertz CT molecular complexity index is 1040. The lowest BCUT2D eigenvalue weighted by molar-refractivity contribution is -0.138. The molecule has 0 unspecified atom stereocenters. The van der Waals surface area contributed by atoms with E-state index in [1.165, 1.54) is 12.2 Å². The van der Waals surface area contributed by atoms with Crippen molar-refractivity contribution in [1.82, 2.24) is 0 Å². The predicted molar refractivity (Wildman–Crippen MR) is 137 cm³/mol. The van der Waals surface area contributed by atoms with E-state index in [4.69, 9.17) is 28.4 Å². The third-order valence-electron chi connectivity index (χ3n) is 5.56. The monoisotopic (exact) mass is 548 g/mol. The number of ketones is 1. The summed E-state index contributed by atoms with van der Waals surface area (Å²) in [5, 5.41) is 0. The quantitative estimate of drug-likeness (QED) is 0.116. The fourth-order valence-corrected chi connectivity index (χ4v) is 3.50. The second kappa shape index (κ2) is 14.9. The number of unbranched alkanes of at least 4 members (excludes halogenated alkanes) is 1. The number of hydrogen-bond acceptors (Lipinski definition) is 11. The summed E-state index contributed by atoms with van der Waals surface area (Å²) in [5.41, 5.74) is -1.67. The number of rotatable bonds is 15. The van der Waals surface area contributed by atoms with E-state index in [-0.39, 0.29) is 19.0 Å². The van der Waals surface area contributed by atoms with Crippen molar-refractivity contribution in [3.05, 3.63) is 48.0 Å². The molecule has 0 amide bonds. The lowest BCUT2D eigenvalue weighted by Crippen LogP contribution is -2.20. The molecule has 0 spiro atoms. The molecule has 0 aromatic heterocycles. The Balaban J connectivity index is 1.49. The molecule has 0 aromatic carbocycles. The van der Waals surface area contributed by atoms with Crippen molar-refractivity contribution in [2.75, 3.05) is 13.2 Å². The zero-order valence-corrected chi connectivity index (χ0v) is 22.8. The lowest BCUT2D eigenvalue weighted by atomic mass is 10.1. The summed E-state index contributed by atoms with van der Waals surface area (Å²) in [5.74, 6) is -0.189. The molecule has 0 bridgehead atoms. The van der Waals surface area contributed by atoms with E-state index < -0.39 is 35.5 Å². The van der Waals surface area contributed by atoms with Gasteiger partial charge >= 0.3 is 24.2 Å². The van der Waals surface area contributed by atoms with Crippen molar-refractivity contribution < 1.29 is 52.4 Å². The van der Waals surface area contributed by atoms with Gasteiger partial charge in [0.25, 0.3) is 0 Å². The first kappa shape index (κ1) is 31.3. The molecule has 11 heteroatoms. The topological polar surface area (TPSA) is 141 Å². The molecule has 0 atom stereocenters. The van der Waals surface area contributed by atoms with Gasteiger partial charge in [0.1, 0.15) is 5.78 Å². The van der Waals surface area contributed by atoms with Crippen LogP contribution in [0.2, 0.25) is 0 Å². The predicted octanol–water partition coefficient (Wildman–Crippen LogP) is 5.14. The summed E-state index contributed by atoms with van der Waals surface area (Å²) in [7, 11) is 0. The number of allylic oxidation sites excluding steroid dienone is 2. The Hall–Kier alpha value is -3.89. The maximum atomic E-state index is 12.0. The highest BCUT2D eigenvalue weighted by Crippen LogP contribution is 2.30. The van der Waals surface area contributed by atoms with Crippen LogP contribution in [0.5, 0.6) is 0 Å². The third kappa shape index (κ3) is 11.6. The number of esters is 2. The van der Waals surface area contributed by atoms with E-state index >= 15 is 0 Å². The van der Waals surface area contributed by atoms with Crippen molar-refractivity contribution >= 4 is 30.0 Å². The molecule has 214 valence electrons. The first-order valence-corrected chi connectivity index (χ1v) is 12.8. The van der Waals surface area contributed by atoms with Crippen molar-refractivity contribution in [2.24, 2.45) is 0 Å². The molecule has 2 fully saturated rings. The van der Waals surface area contributed by atoms with E-state index in [9.17, 15) is 24.0 Å². The van der Waals surface area contributed by atoms with E-state index in [1.54, 1.807) is 52.0 Å². The average molecular weight is 549 g/mol. The molecule has 2 heterocycles. The van der Waals surface area contributed by atoms with Crippen LogP contribution >= 0.6 is 0 Å². The largest absolute Gasteiger partial charge is 0.514 e. The number of cyclic esters (lactones) is 4. The van der Waals surface area contributed by atoms with E-state index in [1.807, 2.05) is 0 Å². The van der Waals surface area contributed by atoms with Gasteiger partial charge in [-0.2, -0.15) is 0 Å². The van der Waals surface area contributed by atoms with Gasteiger partial charge in [0.2, 0.25) is 0 Å². The molecule has 2 aliphatic heterocycles. The molecule has 2 saturated heterocycles. The van der Waals surface area contributed by atoms with Crippen LogP contribution in [0, 0.1) is 0 Å². The van der Waals surface area contributed by atoms with Crippen LogP contribution in [0.25, 0.3) is 0 Å². The zero-order valence-electron chi connectivity index (χ0n) is 22.8. The van der Waals surface area contributed by atoms with E-state index in [0.29, 0.717) is 56.5 Å². The molecule has 0 N–H and O–H groups in total. The summed E-state index contributed by atoms with van der Waals surface area (Å²) in [6.45, 7) is 7.05. The molecular weight excluding hydrogens is 512 g/mol. The normalized spacial score (nSPS) is 19.7. The van der Waals surface area contributed by atoms with Crippen LogP contribution in [0.1, 0.15) is 72.6 Å². The van der Waals surface area contributed by atoms with Crippen LogP contribution < -0.4 is 0 Å². The summed E-state index contributed by atoms with van der Waals surface area (Å²) in [6.07, 6.45) is 10.6. The second-order valence-electron chi connectivity index (χ2n) is 9.75. The van der Waals surface area contributed by atoms with Crippen molar-refractivity contribution in [2.45, 2.75) is 83.8 Å². The Morgan fingerprint density at radius 2 is 1.15 bits per heavy atom. The molecule has 39 heavy (non-hydrogen) atoms. The van der Waals surface area contributed by atoms with Crippen LogP contribution in [0.3, 0.4) is 0 Å². The SMILES string of the molecule is CC1(C)OC(=O)O/C1=C/CCOC(=O)C=CCCC(=O)CCC/C=C/C(=O)OCC/C=C1/OC(=O)OC1(C)C. The highest BCUT2D eigenvalue weighted by molar-refractivity contribution is 5.82. The van der Waals surface area contributed by atoms with Gasteiger partial charge in [-0.05, 0) is 59.1 Å². The fraction of sp³-hybridized carbons (Fsp3) is 0.536. The Kier molecular flexibility index (Phi) is 12.0. The van der Waals surface area contributed by atoms with Gasteiger partial charge in [-0.15, -0.1) is 0 Å². The fourth-order valence-electron chi connectivity index (χ4n) is 3.50. The van der Waals surface area contributed by atoms with Crippen molar-refractivity contribution in [3.63, 3.8) is 0 Å². The van der Waals surface area contributed by atoms with E-state index in [0.717, 1.165) is 0 Å². The van der Waals surface area contributed by atoms with Gasteiger partial charge in [-0.1, -0.05) is 12.2 Å². The molecule has 2 rings (SSSR count). The smallest absolute Gasteiger partial charge is 0.462 e. The van der Waals surface area contributed by atoms with Crippen LogP contribution in [-0.2, 0) is 42.8 Å². The highest BCUT2D eigenvalue weighted by Gasteiger charge is 2.39. The minimum absolute atomic E-state index is 0.0547. The van der Waals surface area contributed by atoms with Gasteiger partial charge < -0.3 is 28.4 Å². The number of hydrogen-bond donors (Lipinski definition) is 0. The Morgan fingerprint density at radius 1 is 0.692 bits per heavy atom. The summed E-state index contributed by atoms with van der Waals surface area (Å²) in [6, 6.07) is 0. The molecule has 2 aliphatic rings. The zero-order chi connectivity index (χ0) is 28.9. The average Bonchev–Trinajstić information content (AvgIpc) is 3.26. The lowest BCUT2D eigenvalue weighted by Gasteiger charge is -2.13. The standard InChI is InChI=1S/C28H36O11/c1-27(2)21(36-25(32)38-27)14-10-18-34-23(30)16-7-5-6-12-20(29)13-8-9-17-24(31)35-19-11-15-22-28(3,4)39-26(33)37-22/h7,9,14-17H,5-6,8,10-13,18-19H2,1-4H3/b16-7+,17-9?,21-14+,22-15+. The van der Waals surface area contributed by atoms with Crippen LogP contribution in [0.15, 0.2) is 48.0 Å². The Morgan fingerprint density at radius 3 is 1.59 bits per heavy atom. The number of ether oxygens (including phenoxy) is 6. The van der Waals surface area contributed by atoms with Gasteiger partial charge in [0, 0.05) is 37.8 Å². The van der Waals surface area contributed by atoms with Crippen molar-refractivity contribution in [3.8, 4) is 0 Å². The molecule has 0 radical (unpaired) electrons. The van der Waals surface area contributed by atoms with Crippen molar-refractivity contribution in [1.29, 1.82) is 0 Å². The highest BCUT2D eigenvalue weighted by atomic mass is 16.8. The van der Waals surface area contributed by atoms with Gasteiger partial charge in [0.05, 0.1) is 13.2 Å². The molecular formula is C28H36O11. The second-order valence-corrected chi connectivity index (χ2v) is 9.75. The molecule has 0 aromatic rings.